The van der Waals surface area contributed by atoms with E-state index in [0.29, 0.717) is 0 Å². The van der Waals surface area contributed by atoms with Gasteiger partial charge in [-0.25, -0.2) is 0 Å². The van der Waals surface area contributed by atoms with E-state index in [1.807, 2.05) is 0 Å². The molecule has 6 aromatic rings. The Morgan fingerprint density at radius 3 is 1.42 bits per heavy atom. The molecule has 0 amide bonds. The lowest BCUT2D eigenvalue weighted by Gasteiger charge is -2.21. The summed E-state index contributed by atoms with van der Waals surface area (Å²) in [6.45, 7) is 14.5. The lowest BCUT2D eigenvalue weighted by molar-refractivity contribution is 1.45. The largest absolute Gasteiger partial charge is 0.256 e. The molecule has 0 atom stereocenters. The molecule has 3 heteroatoms. The normalized spacial score (nSPS) is 12.5. The zero-order chi connectivity index (χ0) is 26.7. The number of pyridine rings is 1. The van der Waals surface area contributed by atoms with Crippen LogP contribution in [0.25, 0.3) is 54.7 Å². The minimum Gasteiger partial charge on any atom is -0.256 e. The Bertz CT molecular complexity index is 1800. The second-order valence-corrected chi connectivity index (χ2v) is 22.7. The first-order valence-corrected chi connectivity index (χ1v) is 20.6. The maximum atomic E-state index is 4.95. The molecule has 0 N–H and O–H groups in total. The molecule has 1 aromatic heterocycles. The Hall–Kier alpha value is -3.54. The molecule has 0 unspecified atom stereocenters. The fraction of sp³-hybridized carbons (Fsp3) is 0.171. The number of para-hydroxylation sites is 1. The molecule has 0 aliphatic carbocycles. The molecule has 0 radical (unpaired) electrons. The smallest absolute Gasteiger partial charge is 0.0775 e. The zero-order valence-corrected chi connectivity index (χ0v) is 25.3. The van der Waals surface area contributed by atoms with Crippen LogP contribution in [0.5, 0.6) is 0 Å². The first kappa shape index (κ1) is 24.8. The van der Waals surface area contributed by atoms with Crippen LogP contribution in [0.2, 0.25) is 39.3 Å². The van der Waals surface area contributed by atoms with Crippen molar-refractivity contribution in [2.24, 2.45) is 0 Å². The van der Waals surface area contributed by atoms with Crippen molar-refractivity contribution < 1.29 is 0 Å². The van der Waals surface area contributed by atoms with E-state index in [4.69, 9.17) is 4.98 Å². The minimum atomic E-state index is -1.39. The molecular formula is C35H35NSi2. The molecule has 0 aliphatic rings. The van der Waals surface area contributed by atoms with Gasteiger partial charge in [0.15, 0.2) is 0 Å². The van der Waals surface area contributed by atoms with Gasteiger partial charge in [0.1, 0.15) is 0 Å². The van der Waals surface area contributed by atoms with Crippen LogP contribution < -0.4 is 10.4 Å². The predicted molar refractivity (Wildman–Crippen MR) is 174 cm³/mol. The predicted octanol–water partition coefficient (Wildman–Crippen LogP) is 8.97. The van der Waals surface area contributed by atoms with Gasteiger partial charge < -0.3 is 0 Å². The Labute approximate surface area is 228 Å². The number of hydrogen-bond donors (Lipinski definition) is 0. The third-order valence-corrected chi connectivity index (χ3v) is 12.0. The van der Waals surface area contributed by atoms with E-state index in [1.54, 1.807) is 0 Å². The highest BCUT2D eigenvalue weighted by Gasteiger charge is 2.21. The van der Waals surface area contributed by atoms with Crippen molar-refractivity contribution in [2.45, 2.75) is 39.3 Å². The summed E-state index contributed by atoms with van der Waals surface area (Å²) in [4.78, 5) is 4.95. The third kappa shape index (κ3) is 4.20. The molecular weight excluding hydrogens is 491 g/mol. The van der Waals surface area contributed by atoms with Gasteiger partial charge in [0, 0.05) is 22.4 Å². The van der Waals surface area contributed by atoms with Crippen molar-refractivity contribution in [2.75, 3.05) is 0 Å². The first-order chi connectivity index (χ1) is 18.1. The summed E-state index contributed by atoms with van der Waals surface area (Å²) in [5.74, 6) is 0. The molecule has 0 aliphatic heterocycles. The van der Waals surface area contributed by atoms with Crippen molar-refractivity contribution in [3.05, 3.63) is 103 Å². The molecule has 1 heterocycles. The van der Waals surface area contributed by atoms with Crippen molar-refractivity contribution >= 4 is 59.0 Å². The lowest BCUT2D eigenvalue weighted by Crippen LogP contribution is -2.37. The molecule has 1 nitrogen and oxygen atoms in total. The second-order valence-electron chi connectivity index (χ2n) is 12.5. The van der Waals surface area contributed by atoms with Crippen LogP contribution in [0.15, 0.2) is 103 Å². The van der Waals surface area contributed by atoms with Crippen molar-refractivity contribution in [3.8, 4) is 22.3 Å². The number of fused-ring (bicyclic) bond motifs is 4. The quantitative estimate of drug-likeness (QED) is 0.127. The lowest BCUT2D eigenvalue weighted by atomic mass is 9.85. The van der Waals surface area contributed by atoms with Crippen LogP contribution >= 0.6 is 0 Å². The van der Waals surface area contributed by atoms with E-state index >= 15 is 0 Å². The fourth-order valence-corrected chi connectivity index (χ4v) is 8.02. The molecule has 0 bridgehead atoms. The minimum absolute atomic E-state index is 1.04. The number of rotatable bonds is 4. The van der Waals surface area contributed by atoms with Crippen LogP contribution in [0.3, 0.4) is 0 Å². The Kier molecular flexibility index (Phi) is 5.89. The molecule has 6 rings (SSSR count). The van der Waals surface area contributed by atoms with Crippen LogP contribution in [0, 0.1) is 0 Å². The summed E-state index contributed by atoms with van der Waals surface area (Å²) in [7, 11) is -2.77. The summed E-state index contributed by atoms with van der Waals surface area (Å²) >= 11 is 0. The van der Waals surface area contributed by atoms with E-state index in [1.165, 1.54) is 59.6 Å². The summed E-state index contributed by atoms with van der Waals surface area (Å²) in [5, 5.41) is 9.26. The number of nitrogens with zero attached hydrogens (tertiary/aromatic N) is 1. The standard InChI is InChI=1S/C35H35NSi2/c1-37(2,3)26-19-15-24(16-20-26)33-28-11-7-8-12-29(28)34(25-17-21-27(22-18-25)38(4,5)6)35-30-13-9-10-14-32(30)36-23-31(33)35/h7-23H,1-6H3. The Balaban J connectivity index is 1.75. The van der Waals surface area contributed by atoms with Gasteiger partial charge in [-0.3, -0.25) is 4.98 Å². The van der Waals surface area contributed by atoms with Gasteiger partial charge in [-0.1, -0.05) is 141 Å². The van der Waals surface area contributed by atoms with Crippen LogP contribution in [-0.2, 0) is 0 Å². The van der Waals surface area contributed by atoms with E-state index in [-0.39, 0.29) is 0 Å². The van der Waals surface area contributed by atoms with E-state index < -0.39 is 16.1 Å². The maximum Gasteiger partial charge on any atom is 0.0775 e. The molecule has 0 spiro atoms. The molecule has 0 fully saturated rings. The highest BCUT2D eigenvalue weighted by molar-refractivity contribution is 6.89. The molecule has 38 heavy (non-hydrogen) atoms. The summed E-state index contributed by atoms with van der Waals surface area (Å²) in [6.07, 6.45) is 2.10. The monoisotopic (exact) mass is 525 g/mol. The Morgan fingerprint density at radius 2 is 0.895 bits per heavy atom. The molecule has 0 saturated heterocycles. The van der Waals surface area contributed by atoms with Gasteiger partial charge in [0.2, 0.25) is 0 Å². The van der Waals surface area contributed by atoms with E-state index in [0.717, 1.165) is 5.52 Å². The zero-order valence-electron chi connectivity index (χ0n) is 23.3. The number of benzene rings is 5. The van der Waals surface area contributed by atoms with E-state index in [9.17, 15) is 0 Å². The molecule has 188 valence electrons. The van der Waals surface area contributed by atoms with Crippen LogP contribution in [0.1, 0.15) is 0 Å². The first-order valence-electron chi connectivity index (χ1n) is 13.6. The maximum absolute atomic E-state index is 4.95. The number of aromatic nitrogens is 1. The van der Waals surface area contributed by atoms with E-state index in [2.05, 4.69) is 143 Å². The summed E-state index contributed by atoms with van der Waals surface area (Å²) in [5.41, 5.74) is 6.14. The fourth-order valence-electron chi connectivity index (χ4n) is 5.68. The third-order valence-electron chi connectivity index (χ3n) is 7.84. The van der Waals surface area contributed by atoms with Gasteiger partial charge >= 0.3 is 0 Å². The van der Waals surface area contributed by atoms with Crippen LogP contribution in [0.4, 0.5) is 0 Å². The highest BCUT2D eigenvalue weighted by Crippen LogP contribution is 2.45. The highest BCUT2D eigenvalue weighted by atomic mass is 28.3. The van der Waals surface area contributed by atoms with Gasteiger partial charge in [0.05, 0.1) is 21.7 Å². The van der Waals surface area contributed by atoms with Crippen LogP contribution in [-0.4, -0.2) is 21.1 Å². The van der Waals surface area contributed by atoms with Crippen molar-refractivity contribution in [1.82, 2.24) is 4.98 Å². The number of hydrogen-bond acceptors (Lipinski definition) is 1. The summed E-state index contributed by atoms with van der Waals surface area (Å²) < 4.78 is 0. The second kappa shape index (κ2) is 9.04. The van der Waals surface area contributed by atoms with Crippen molar-refractivity contribution in [3.63, 3.8) is 0 Å². The van der Waals surface area contributed by atoms with Gasteiger partial charge in [0.25, 0.3) is 0 Å². The van der Waals surface area contributed by atoms with Gasteiger partial charge in [-0.2, -0.15) is 0 Å². The topological polar surface area (TPSA) is 12.9 Å². The van der Waals surface area contributed by atoms with Gasteiger partial charge in [-0.15, -0.1) is 0 Å². The van der Waals surface area contributed by atoms with Crippen molar-refractivity contribution in [1.29, 1.82) is 0 Å². The summed E-state index contributed by atoms with van der Waals surface area (Å²) in [6, 6.07) is 36.2. The SMILES string of the molecule is C[Si](C)(C)c1ccc(-c2c3ccccc3c(-c3ccc([Si](C)(C)C)cc3)c3c2cnc2ccccc23)cc1. The average Bonchev–Trinajstić information content (AvgIpc) is 2.91. The molecule has 5 aromatic carbocycles. The Morgan fingerprint density at radius 1 is 0.447 bits per heavy atom. The van der Waals surface area contributed by atoms with Gasteiger partial charge in [-0.05, 0) is 39.1 Å². The molecule has 0 saturated carbocycles. The average molecular weight is 526 g/mol.